The SMILES string of the molecule is COc1ccc(C(C)=O)cc1CN(C)C1CC1. The van der Waals surface area contributed by atoms with Crippen molar-refractivity contribution in [2.75, 3.05) is 14.2 Å². The van der Waals surface area contributed by atoms with E-state index in [9.17, 15) is 4.79 Å². The molecule has 0 N–H and O–H groups in total. The van der Waals surface area contributed by atoms with Crippen molar-refractivity contribution in [2.24, 2.45) is 0 Å². The molecule has 1 fully saturated rings. The molecule has 0 heterocycles. The fourth-order valence-electron chi connectivity index (χ4n) is 2.03. The second-order valence-corrected chi connectivity index (χ2v) is 4.73. The number of methoxy groups -OCH3 is 1. The Hall–Kier alpha value is -1.35. The van der Waals surface area contributed by atoms with Gasteiger partial charge < -0.3 is 4.74 Å². The van der Waals surface area contributed by atoms with Crippen molar-refractivity contribution in [2.45, 2.75) is 32.4 Å². The number of ketones is 1. The third-order valence-corrected chi connectivity index (χ3v) is 3.28. The summed E-state index contributed by atoms with van der Waals surface area (Å²) < 4.78 is 5.34. The van der Waals surface area contributed by atoms with Crippen LogP contribution in [0.25, 0.3) is 0 Å². The maximum absolute atomic E-state index is 11.4. The van der Waals surface area contributed by atoms with Gasteiger partial charge in [0.25, 0.3) is 0 Å². The van der Waals surface area contributed by atoms with Gasteiger partial charge in [-0.2, -0.15) is 0 Å². The topological polar surface area (TPSA) is 29.5 Å². The molecule has 3 heteroatoms. The molecule has 1 aromatic rings. The van der Waals surface area contributed by atoms with Crippen LogP contribution >= 0.6 is 0 Å². The lowest BCUT2D eigenvalue weighted by atomic mass is 10.1. The minimum atomic E-state index is 0.1000. The Balaban J connectivity index is 2.21. The molecule has 17 heavy (non-hydrogen) atoms. The van der Waals surface area contributed by atoms with Gasteiger partial charge in [-0.25, -0.2) is 0 Å². The van der Waals surface area contributed by atoms with E-state index in [2.05, 4.69) is 11.9 Å². The predicted molar refractivity (Wildman–Crippen MR) is 67.5 cm³/mol. The Morgan fingerprint density at radius 1 is 1.47 bits per heavy atom. The summed E-state index contributed by atoms with van der Waals surface area (Å²) in [5, 5.41) is 0. The van der Waals surface area contributed by atoms with Gasteiger partial charge in [0, 0.05) is 23.7 Å². The number of ether oxygens (including phenoxy) is 1. The normalized spacial score (nSPS) is 15.1. The van der Waals surface area contributed by atoms with Gasteiger partial charge in [0.2, 0.25) is 0 Å². The van der Waals surface area contributed by atoms with Crippen molar-refractivity contribution >= 4 is 5.78 Å². The zero-order chi connectivity index (χ0) is 12.4. The van der Waals surface area contributed by atoms with Crippen LogP contribution in [0.1, 0.15) is 35.7 Å². The molecule has 0 unspecified atom stereocenters. The highest BCUT2D eigenvalue weighted by Gasteiger charge is 2.26. The van der Waals surface area contributed by atoms with E-state index >= 15 is 0 Å². The van der Waals surface area contributed by atoms with Crippen LogP contribution in [0.4, 0.5) is 0 Å². The van der Waals surface area contributed by atoms with E-state index < -0.39 is 0 Å². The van der Waals surface area contributed by atoms with Gasteiger partial charge in [-0.1, -0.05) is 0 Å². The molecule has 2 rings (SSSR count). The smallest absolute Gasteiger partial charge is 0.159 e. The minimum Gasteiger partial charge on any atom is -0.496 e. The van der Waals surface area contributed by atoms with Gasteiger partial charge in [-0.3, -0.25) is 9.69 Å². The van der Waals surface area contributed by atoms with E-state index in [0.717, 1.165) is 23.4 Å². The van der Waals surface area contributed by atoms with Crippen molar-refractivity contribution in [1.29, 1.82) is 0 Å². The molecular weight excluding hydrogens is 214 g/mol. The summed E-state index contributed by atoms with van der Waals surface area (Å²) in [6, 6.07) is 6.36. The van der Waals surface area contributed by atoms with Crippen LogP contribution in [0, 0.1) is 0 Å². The van der Waals surface area contributed by atoms with E-state index in [-0.39, 0.29) is 5.78 Å². The molecule has 0 spiro atoms. The summed E-state index contributed by atoms with van der Waals surface area (Å²) in [6.07, 6.45) is 2.57. The van der Waals surface area contributed by atoms with Crippen LogP contribution in [-0.2, 0) is 6.54 Å². The Morgan fingerprint density at radius 3 is 2.71 bits per heavy atom. The second kappa shape index (κ2) is 4.88. The van der Waals surface area contributed by atoms with Crippen molar-refractivity contribution in [3.05, 3.63) is 29.3 Å². The highest BCUT2D eigenvalue weighted by molar-refractivity contribution is 5.94. The monoisotopic (exact) mass is 233 g/mol. The average Bonchev–Trinajstić information content (AvgIpc) is 3.12. The maximum Gasteiger partial charge on any atom is 0.159 e. The van der Waals surface area contributed by atoms with E-state index in [1.54, 1.807) is 14.0 Å². The summed E-state index contributed by atoms with van der Waals surface area (Å²) in [7, 11) is 3.79. The zero-order valence-corrected chi connectivity index (χ0v) is 10.7. The summed E-state index contributed by atoms with van der Waals surface area (Å²) in [4.78, 5) is 13.7. The molecule has 0 aliphatic heterocycles. The lowest BCUT2D eigenvalue weighted by Gasteiger charge is -2.18. The van der Waals surface area contributed by atoms with E-state index in [1.807, 2.05) is 18.2 Å². The maximum atomic E-state index is 11.4. The van der Waals surface area contributed by atoms with E-state index in [0.29, 0.717) is 6.04 Å². The Labute approximate surface area is 102 Å². The first-order valence-electron chi connectivity index (χ1n) is 6.00. The zero-order valence-electron chi connectivity index (χ0n) is 10.7. The highest BCUT2D eigenvalue weighted by Crippen LogP contribution is 2.29. The molecule has 0 bridgehead atoms. The Morgan fingerprint density at radius 2 is 2.18 bits per heavy atom. The van der Waals surface area contributed by atoms with Gasteiger partial charge in [0.1, 0.15) is 5.75 Å². The van der Waals surface area contributed by atoms with Gasteiger partial charge in [-0.05, 0) is 45.0 Å². The molecule has 0 amide bonds. The van der Waals surface area contributed by atoms with Crippen LogP contribution in [0.5, 0.6) is 5.75 Å². The first-order chi connectivity index (χ1) is 8.11. The quantitative estimate of drug-likeness (QED) is 0.732. The van der Waals surface area contributed by atoms with Gasteiger partial charge in [0.15, 0.2) is 5.78 Å². The summed E-state index contributed by atoms with van der Waals surface area (Å²) in [6.45, 7) is 2.44. The number of hydrogen-bond acceptors (Lipinski definition) is 3. The fourth-order valence-corrected chi connectivity index (χ4v) is 2.03. The second-order valence-electron chi connectivity index (χ2n) is 4.73. The number of hydrogen-bond donors (Lipinski definition) is 0. The molecule has 1 saturated carbocycles. The Kier molecular flexibility index (Phi) is 3.48. The van der Waals surface area contributed by atoms with E-state index in [1.165, 1.54) is 12.8 Å². The van der Waals surface area contributed by atoms with Crippen molar-refractivity contribution in [3.63, 3.8) is 0 Å². The molecule has 1 aliphatic carbocycles. The largest absolute Gasteiger partial charge is 0.496 e. The van der Waals surface area contributed by atoms with Crippen LogP contribution in [-0.4, -0.2) is 30.9 Å². The molecule has 92 valence electrons. The molecule has 1 aromatic carbocycles. The molecule has 1 aliphatic rings. The third kappa shape index (κ3) is 2.86. The van der Waals surface area contributed by atoms with Crippen LogP contribution in [0.3, 0.4) is 0 Å². The summed E-state index contributed by atoms with van der Waals surface area (Å²) in [5.74, 6) is 0.963. The van der Waals surface area contributed by atoms with Crippen molar-refractivity contribution in [1.82, 2.24) is 4.90 Å². The molecular formula is C14H19NO2. The van der Waals surface area contributed by atoms with E-state index in [4.69, 9.17) is 4.74 Å². The lowest BCUT2D eigenvalue weighted by Crippen LogP contribution is -2.20. The lowest BCUT2D eigenvalue weighted by molar-refractivity contribution is 0.101. The number of benzene rings is 1. The molecule has 0 saturated heterocycles. The first kappa shape index (κ1) is 12.1. The van der Waals surface area contributed by atoms with Crippen molar-refractivity contribution < 1.29 is 9.53 Å². The van der Waals surface area contributed by atoms with Crippen LogP contribution < -0.4 is 4.74 Å². The summed E-state index contributed by atoms with van der Waals surface area (Å²) in [5.41, 5.74) is 1.85. The highest BCUT2D eigenvalue weighted by atomic mass is 16.5. The molecule has 0 radical (unpaired) electrons. The molecule has 3 nitrogen and oxygen atoms in total. The number of nitrogens with zero attached hydrogens (tertiary/aromatic N) is 1. The Bertz CT molecular complexity index is 424. The average molecular weight is 233 g/mol. The minimum absolute atomic E-state index is 0.1000. The number of rotatable bonds is 5. The first-order valence-corrected chi connectivity index (χ1v) is 6.00. The molecule has 0 aromatic heterocycles. The van der Waals surface area contributed by atoms with Gasteiger partial charge in [0.05, 0.1) is 7.11 Å². The van der Waals surface area contributed by atoms with Gasteiger partial charge >= 0.3 is 0 Å². The molecule has 0 atom stereocenters. The number of carbonyl (C=O) groups excluding carboxylic acids is 1. The van der Waals surface area contributed by atoms with Crippen LogP contribution in [0.15, 0.2) is 18.2 Å². The van der Waals surface area contributed by atoms with Gasteiger partial charge in [-0.15, -0.1) is 0 Å². The van der Waals surface area contributed by atoms with Crippen molar-refractivity contribution in [3.8, 4) is 5.75 Å². The number of Topliss-reactive ketones (excluding diaryl/α,β-unsaturated/α-hetero) is 1. The number of carbonyl (C=O) groups is 1. The fraction of sp³-hybridized carbons (Fsp3) is 0.500. The third-order valence-electron chi connectivity index (χ3n) is 3.28. The standard InChI is InChI=1S/C14H19NO2/c1-10(16)11-4-7-14(17-3)12(8-11)9-15(2)13-5-6-13/h4,7-8,13H,5-6,9H2,1-3H3. The predicted octanol–water partition coefficient (Wildman–Crippen LogP) is 2.49. The summed E-state index contributed by atoms with van der Waals surface area (Å²) >= 11 is 0. The van der Waals surface area contributed by atoms with Crippen LogP contribution in [0.2, 0.25) is 0 Å².